The van der Waals surface area contributed by atoms with Crippen LogP contribution in [-0.4, -0.2) is 69.0 Å². The van der Waals surface area contributed by atoms with Gasteiger partial charge in [0.1, 0.15) is 16.4 Å². The summed E-state index contributed by atoms with van der Waals surface area (Å²) >= 11 is 0.339. The maximum Gasteiger partial charge on any atom is 0.425 e. The lowest BCUT2D eigenvalue weighted by Crippen LogP contribution is -2.62. The molecule has 0 saturated carbocycles. The normalized spacial score (nSPS) is 20.1. The lowest BCUT2D eigenvalue weighted by atomic mass is 9.73. The van der Waals surface area contributed by atoms with Crippen LogP contribution in [0, 0.1) is 11.3 Å². The minimum absolute atomic E-state index is 0.0357. The monoisotopic (exact) mass is 792 g/mol. The zero-order valence-corrected chi connectivity index (χ0v) is 30.7. The van der Waals surface area contributed by atoms with Crippen LogP contribution in [0.4, 0.5) is 26.3 Å². The Kier molecular flexibility index (Phi) is 12.2. The third-order valence-electron chi connectivity index (χ3n) is 9.72. The second-order valence-electron chi connectivity index (χ2n) is 13.4. The van der Waals surface area contributed by atoms with Gasteiger partial charge in [-0.3, -0.25) is 19.4 Å². The fourth-order valence-corrected chi connectivity index (χ4v) is 7.71. The molecule has 2 aliphatic heterocycles. The van der Waals surface area contributed by atoms with Gasteiger partial charge in [-0.25, -0.2) is 0 Å². The van der Waals surface area contributed by atoms with Crippen molar-refractivity contribution in [3.63, 3.8) is 0 Å². The van der Waals surface area contributed by atoms with Crippen LogP contribution in [0.2, 0.25) is 0 Å². The number of carbonyl (C=O) groups is 3. The molecule has 1 aromatic carbocycles. The predicted molar refractivity (Wildman–Crippen MR) is 187 cm³/mol. The molecule has 3 aromatic rings. The fourth-order valence-electron chi connectivity index (χ4n) is 7.03. The number of amides is 2. The highest BCUT2D eigenvalue weighted by Gasteiger charge is 2.54. The number of alkyl halides is 6. The summed E-state index contributed by atoms with van der Waals surface area (Å²) in [5.74, 6) is -2.77. The summed E-state index contributed by atoms with van der Waals surface area (Å²) in [5.41, 5.74) is -4.89. The van der Waals surface area contributed by atoms with Crippen molar-refractivity contribution >= 4 is 29.1 Å². The van der Waals surface area contributed by atoms with Gasteiger partial charge in [-0.1, -0.05) is 31.2 Å². The van der Waals surface area contributed by atoms with Crippen molar-refractivity contribution in [3.8, 4) is 17.6 Å². The Morgan fingerprint density at radius 2 is 1.78 bits per heavy atom. The van der Waals surface area contributed by atoms with Crippen molar-refractivity contribution in [2.75, 3.05) is 19.6 Å². The Hall–Kier alpha value is -5.11. The summed E-state index contributed by atoms with van der Waals surface area (Å²) in [4.78, 5) is 45.2. The molecule has 2 amide bonds. The average Bonchev–Trinajstić information content (AvgIpc) is 3.63. The lowest BCUT2D eigenvalue weighted by molar-refractivity contribution is -0.150. The van der Waals surface area contributed by atoms with Crippen LogP contribution >= 0.6 is 11.3 Å². The summed E-state index contributed by atoms with van der Waals surface area (Å²) in [6.45, 7) is 3.19. The van der Waals surface area contributed by atoms with Gasteiger partial charge in [-0.15, -0.1) is 11.3 Å². The highest BCUT2D eigenvalue weighted by Crippen LogP contribution is 2.45. The molecule has 10 nitrogen and oxygen atoms in total. The van der Waals surface area contributed by atoms with E-state index in [1.165, 1.54) is 11.0 Å². The fraction of sp³-hybridized carbons (Fsp3) is 0.447. The number of ether oxygens (including phenoxy) is 2. The molecule has 1 N–H and O–H groups in total. The van der Waals surface area contributed by atoms with Gasteiger partial charge in [0.2, 0.25) is 5.60 Å². The number of piperidine rings is 2. The molecule has 17 heteroatoms. The Morgan fingerprint density at radius 1 is 1.07 bits per heavy atom. The van der Waals surface area contributed by atoms with Crippen LogP contribution in [0.25, 0.3) is 0 Å². The van der Waals surface area contributed by atoms with Gasteiger partial charge in [-0.05, 0) is 51.2 Å². The van der Waals surface area contributed by atoms with Crippen LogP contribution in [0.15, 0.2) is 65.9 Å². The first kappa shape index (κ1) is 41.1. The molecule has 2 atom stereocenters. The summed E-state index contributed by atoms with van der Waals surface area (Å²) in [5, 5.41) is 20.7. The van der Waals surface area contributed by atoms with Gasteiger partial charge in [0, 0.05) is 61.9 Å². The zero-order chi connectivity index (χ0) is 40.2. The number of nitriles is 1. The van der Waals surface area contributed by atoms with Crippen molar-refractivity contribution in [2.45, 2.75) is 88.3 Å². The van der Waals surface area contributed by atoms with Crippen LogP contribution in [0.3, 0.4) is 0 Å². The summed E-state index contributed by atoms with van der Waals surface area (Å²) in [6.07, 6.45) is -6.66. The van der Waals surface area contributed by atoms with Gasteiger partial charge in [0.05, 0.1) is 34.4 Å². The number of carboxylic acid groups (broad SMARTS) is 1. The zero-order valence-electron chi connectivity index (χ0n) is 29.9. The number of aliphatic carboxylic acids is 1. The van der Waals surface area contributed by atoms with Crippen molar-refractivity contribution in [2.24, 2.45) is 0 Å². The lowest BCUT2D eigenvalue weighted by Gasteiger charge is -2.47. The van der Waals surface area contributed by atoms with E-state index < -0.39 is 63.3 Å². The molecule has 2 fully saturated rings. The van der Waals surface area contributed by atoms with Gasteiger partial charge < -0.3 is 24.4 Å². The van der Waals surface area contributed by atoms with E-state index in [0.717, 1.165) is 28.7 Å². The van der Waals surface area contributed by atoms with E-state index in [4.69, 9.17) is 14.6 Å². The van der Waals surface area contributed by atoms with Gasteiger partial charge in [0.15, 0.2) is 0 Å². The molecule has 294 valence electrons. The van der Waals surface area contributed by atoms with E-state index in [-0.39, 0.29) is 76.0 Å². The van der Waals surface area contributed by atoms with E-state index in [1.807, 2.05) is 0 Å². The molecule has 2 aromatic heterocycles. The van der Waals surface area contributed by atoms with Crippen LogP contribution in [-0.2, 0) is 27.4 Å². The number of benzene rings is 1. The third kappa shape index (κ3) is 8.74. The minimum Gasteiger partial charge on any atom is -0.490 e. The Bertz CT molecular complexity index is 1970. The topological polar surface area (TPSA) is 133 Å². The molecule has 5 rings (SSSR count). The number of halogens is 6. The van der Waals surface area contributed by atoms with E-state index in [1.54, 1.807) is 38.1 Å². The number of likely N-dealkylation sites (tertiary alicyclic amines) is 2. The van der Waals surface area contributed by atoms with Crippen molar-refractivity contribution in [1.82, 2.24) is 14.8 Å². The van der Waals surface area contributed by atoms with Crippen LogP contribution in [0.1, 0.15) is 85.2 Å². The average molecular weight is 793 g/mol. The van der Waals surface area contributed by atoms with E-state index in [0.29, 0.717) is 28.7 Å². The number of carboxylic acids is 1. The maximum atomic E-state index is 14.9. The molecular weight excluding hydrogens is 754 g/mol. The number of allylic oxidation sites excluding steroid dienone is 1. The van der Waals surface area contributed by atoms with E-state index >= 15 is 0 Å². The van der Waals surface area contributed by atoms with Crippen LogP contribution < -0.4 is 9.47 Å². The Morgan fingerprint density at radius 3 is 2.40 bits per heavy atom. The SMILES string of the molecule is CC/C=C1\N(C(=O)c2cnccc2C(F)(F)F)CCC[C@@]1(Oc1csc(C(F)(F)F)c1)C(=O)N1CCC(C#N)(c2ccccc2OC(C)CCC(=O)O)CC1. The standard InChI is InChI=1S/C38H38F6N4O6S/c1-3-7-30-36(54-25-20-31(55-22-25)38(42,43)44,13-6-17-48(30)33(51)26-21-46-16-12-27(26)37(39,40)41)34(52)47-18-14-35(23-45,15-19-47)28-8-4-5-9-29(28)53-24(2)10-11-32(49)50/h4-5,7-9,12,16,20-22,24H,3,6,10-11,13-15,17-19H2,1-2H3,(H,49,50)/b30-7-/t24?,36-/m0/s1. The molecular formula is C38H38F6N4O6S. The number of hydrogen-bond acceptors (Lipinski definition) is 8. The van der Waals surface area contributed by atoms with Gasteiger partial charge in [-0.2, -0.15) is 31.6 Å². The summed E-state index contributed by atoms with van der Waals surface area (Å²) in [7, 11) is 0. The van der Waals surface area contributed by atoms with Crippen molar-refractivity contribution in [3.05, 3.63) is 87.5 Å². The third-order valence-corrected chi connectivity index (χ3v) is 10.7. The quantitative estimate of drug-likeness (QED) is 0.192. The van der Waals surface area contributed by atoms with E-state index in [2.05, 4.69) is 11.1 Å². The number of para-hydroxylation sites is 1. The molecule has 55 heavy (non-hydrogen) atoms. The van der Waals surface area contributed by atoms with Crippen molar-refractivity contribution in [1.29, 1.82) is 5.26 Å². The Balaban J connectivity index is 1.52. The highest BCUT2D eigenvalue weighted by atomic mass is 32.1. The number of pyridine rings is 1. The summed E-state index contributed by atoms with van der Waals surface area (Å²) < 4.78 is 95.6. The Labute approximate surface area is 317 Å². The second-order valence-corrected chi connectivity index (χ2v) is 14.3. The first-order valence-electron chi connectivity index (χ1n) is 17.5. The highest BCUT2D eigenvalue weighted by molar-refractivity contribution is 7.10. The number of aromatic nitrogens is 1. The number of nitrogens with zero attached hydrogens (tertiary/aromatic N) is 4. The first-order valence-corrected chi connectivity index (χ1v) is 18.4. The molecule has 0 spiro atoms. The maximum absolute atomic E-state index is 14.9. The predicted octanol–water partition coefficient (Wildman–Crippen LogP) is 8.24. The molecule has 0 bridgehead atoms. The van der Waals surface area contributed by atoms with Gasteiger partial charge >= 0.3 is 18.3 Å². The number of rotatable bonds is 11. The summed E-state index contributed by atoms with van der Waals surface area (Å²) in [6, 6.07) is 10.6. The largest absolute Gasteiger partial charge is 0.490 e. The van der Waals surface area contributed by atoms with Gasteiger partial charge in [0.25, 0.3) is 11.8 Å². The molecule has 4 heterocycles. The molecule has 0 radical (unpaired) electrons. The second kappa shape index (κ2) is 16.3. The minimum atomic E-state index is -4.92. The van der Waals surface area contributed by atoms with Crippen molar-refractivity contribution < 1.29 is 55.3 Å². The number of carbonyl (C=O) groups excluding carboxylic acids is 2. The molecule has 2 saturated heterocycles. The molecule has 0 aliphatic carbocycles. The smallest absolute Gasteiger partial charge is 0.425 e. The molecule has 1 unspecified atom stereocenters. The number of thiophene rings is 1. The molecule has 2 aliphatic rings. The van der Waals surface area contributed by atoms with Crippen LogP contribution in [0.5, 0.6) is 11.5 Å². The van der Waals surface area contributed by atoms with E-state index in [9.17, 15) is 46.0 Å². The first-order chi connectivity index (χ1) is 26.0. The number of hydrogen-bond donors (Lipinski definition) is 1.